The minimum absolute atomic E-state index is 0.259. The second kappa shape index (κ2) is 6.91. The average molecular weight is 367 g/mol. The van der Waals surface area contributed by atoms with Crippen LogP contribution in [0.25, 0.3) is 0 Å². The summed E-state index contributed by atoms with van der Waals surface area (Å²) in [4.78, 5) is 4.31. The Bertz CT molecular complexity index is 678. The van der Waals surface area contributed by atoms with Gasteiger partial charge in [-0.1, -0.05) is 26.1 Å². The highest BCUT2D eigenvalue weighted by Crippen LogP contribution is 2.28. The third-order valence-corrected chi connectivity index (χ3v) is 3.59. The predicted octanol–water partition coefficient (Wildman–Crippen LogP) is 3.19. The zero-order valence-electron chi connectivity index (χ0n) is 11.8. The standard InChI is InChI=1S/C14H15BrN4OS/c1-3-10-11(4-2)18-19-14(12(10)13(16)21)20-9-5-8(15)6-17-7-9/h5-7H,3-4H2,1-2H3,(H2,16,21). The monoisotopic (exact) mass is 366 g/mol. The van der Waals surface area contributed by atoms with Crippen molar-refractivity contribution in [2.24, 2.45) is 5.73 Å². The summed E-state index contributed by atoms with van der Waals surface area (Å²) in [5, 5.41) is 8.33. The quantitative estimate of drug-likeness (QED) is 0.819. The van der Waals surface area contributed by atoms with E-state index in [9.17, 15) is 0 Å². The number of hydrogen-bond donors (Lipinski definition) is 1. The molecule has 110 valence electrons. The van der Waals surface area contributed by atoms with Crippen molar-refractivity contribution in [2.75, 3.05) is 0 Å². The lowest BCUT2D eigenvalue weighted by molar-refractivity contribution is 0.449. The number of halogens is 1. The fourth-order valence-electron chi connectivity index (χ4n) is 2.04. The molecule has 0 aliphatic carbocycles. The van der Waals surface area contributed by atoms with Gasteiger partial charge in [0.15, 0.2) is 0 Å². The van der Waals surface area contributed by atoms with Crippen LogP contribution in [0, 0.1) is 0 Å². The van der Waals surface area contributed by atoms with Crippen LogP contribution < -0.4 is 10.5 Å². The molecule has 0 aromatic carbocycles. The van der Waals surface area contributed by atoms with E-state index in [1.54, 1.807) is 18.5 Å². The van der Waals surface area contributed by atoms with E-state index in [2.05, 4.69) is 31.1 Å². The Labute approximate surface area is 137 Å². The van der Waals surface area contributed by atoms with E-state index in [1.165, 1.54) is 0 Å². The Kier molecular flexibility index (Phi) is 5.19. The van der Waals surface area contributed by atoms with Gasteiger partial charge in [-0.15, -0.1) is 5.10 Å². The molecule has 5 nitrogen and oxygen atoms in total. The average Bonchev–Trinajstić information content (AvgIpc) is 2.46. The van der Waals surface area contributed by atoms with Crippen LogP contribution in [0.3, 0.4) is 0 Å². The summed E-state index contributed by atoms with van der Waals surface area (Å²) < 4.78 is 6.57. The predicted molar refractivity (Wildman–Crippen MR) is 88.7 cm³/mol. The van der Waals surface area contributed by atoms with E-state index >= 15 is 0 Å². The van der Waals surface area contributed by atoms with Crippen molar-refractivity contribution in [1.29, 1.82) is 0 Å². The number of rotatable bonds is 5. The van der Waals surface area contributed by atoms with Gasteiger partial charge in [0, 0.05) is 10.7 Å². The molecular weight excluding hydrogens is 352 g/mol. The van der Waals surface area contributed by atoms with Gasteiger partial charge in [0.1, 0.15) is 10.7 Å². The number of nitrogens with zero attached hydrogens (tertiary/aromatic N) is 3. The molecule has 2 heterocycles. The lowest BCUT2D eigenvalue weighted by Gasteiger charge is -2.14. The highest BCUT2D eigenvalue weighted by molar-refractivity contribution is 9.10. The van der Waals surface area contributed by atoms with Crippen molar-refractivity contribution in [3.05, 3.63) is 39.8 Å². The molecule has 2 rings (SSSR count). The van der Waals surface area contributed by atoms with E-state index in [0.717, 1.165) is 28.6 Å². The number of aromatic nitrogens is 3. The Hall–Kier alpha value is -1.60. The van der Waals surface area contributed by atoms with Crippen LogP contribution in [0.4, 0.5) is 0 Å². The topological polar surface area (TPSA) is 73.9 Å². The number of ether oxygens (including phenoxy) is 1. The molecule has 0 aliphatic heterocycles. The van der Waals surface area contributed by atoms with Gasteiger partial charge in [-0.05, 0) is 40.4 Å². The Morgan fingerprint density at radius 1 is 1.29 bits per heavy atom. The summed E-state index contributed by atoms with van der Waals surface area (Å²) in [6.07, 6.45) is 4.79. The lowest BCUT2D eigenvalue weighted by atomic mass is 10.0. The first-order chi connectivity index (χ1) is 10.1. The Balaban J connectivity index is 2.50. The van der Waals surface area contributed by atoms with Gasteiger partial charge in [0.05, 0.1) is 17.5 Å². The van der Waals surface area contributed by atoms with Crippen molar-refractivity contribution in [3.8, 4) is 11.6 Å². The molecule has 0 radical (unpaired) electrons. The first-order valence-corrected chi connectivity index (χ1v) is 7.73. The molecule has 0 spiro atoms. The van der Waals surface area contributed by atoms with E-state index in [-0.39, 0.29) is 4.99 Å². The third-order valence-electron chi connectivity index (χ3n) is 2.95. The second-order valence-electron chi connectivity index (χ2n) is 4.32. The molecule has 2 N–H and O–H groups in total. The van der Waals surface area contributed by atoms with Crippen LogP contribution in [0.2, 0.25) is 0 Å². The zero-order valence-corrected chi connectivity index (χ0v) is 14.2. The van der Waals surface area contributed by atoms with Crippen LogP contribution in [0.5, 0.6) is 11.6 Å². The maximum absolute atomic E-state index is 5.86. The van der Waals surface area contributed by atoms with Crippen LogP contribution >= 0.6 is 28.1 Å². The fourth-order valence-corrected chi connectivity index (χ4v) is 2.59. The summed E-state index contributed by atoms with van der Waals surface area (Å²) in [5.41, 5.74) is 8.38. The van der Waals surface area contributed by atoms with E-state index in [4.69, 9.17) is 22.7 Å². The largest absolute Gasteiger partial charge is 0.435 e. The molecule has 0 unspecified atom stereocenters. The van der Waals surface area contributed by atoms with Gasteiger partial charge in [-0.25, -0.2) is 0 Å². The minimum Gasteiger partial charge on any atom is -0.435 e. The smallest absolute Gasteiger partial charge is 0.249 e. The highest BCUT2D eigenvalue weighted by atomic mass is 79.9. The van der Waals surface area contributed by atoms with Gasteiger partial charge in [0.2, 0.25) is 5.88 Å². The number of aryl methyl sites for hydroxylation is 1. The number of pyridine rings is 1. The van der Waals surface area contributed by atoms with Crippen LogP contribution in [-0.4, -0.2) is 20.2 Å². The van der Waals surface area contributed by atoms with Crippen molar-refractivity contribution < 1.29 is 4.74 Å². The molecule has 2 aromatic rings. The molecular formula is C14H15BrN4OS. The third kappa shape index (κ3) is 3.54. The normalized spacial score (nSPS) is 10.4. The molecule has 0 fully saturated rings. The first kappa shape index (κ1) is 15.8. The summed E-state index contributed by atoms with van der Waals surface area (Å²) in [6.45, 7) is 4.05. The maximum atomic E-state index is 5.86. The van der Waals surface area contributed by atoms with Crippen LogP contribution in [0.1, 0.15) is 30.7 Å². The van der Waals surface area contributed by atoms with Crippen molar-refractivity contribution in [3.63, 3.8) is 0 Å². The minimum atomic E-state index is 0.259. The molecule has 0 saturated carbocycles. The molecule has 0 amide bonds. The first-order valence-electron chi connectivity index (χ1n) is 6.53. The summed E-state index contributed by atoms with van der Waals surface area (Å²) in [6, 6.07) is 1.79. The van der Waals surface area contributed by atoms with Gasteiger partial charge in [-0.2, -0.15) is 5.10 Å². The van der Waals surface area contributed by atoms with Crippen LogP contribution in [0.15, 0.2) is 22.9 Å². The molecule has 0 saturated heterocycles. The van der Waals surface area contributed by atoms with E-state index in [0.29, 0.717) is 17.2 Å². The summed E-state index contributed by atoms with van der Waals surface area (Å²) in [5.74, 6) is 0.860. The second-order valence-corrected chi connectivity index (χ2v) is 5.67. The number of nitrogens with two attached hydrogens (primary N) is 1. The molecule has 21 heavy (non-hydrogen) atoms. The molecule has 0 atom stereocenters. The van der Waals surface area contributed by atoms with Crippen LogP contribution in [-0.2, 0) is 12.8 Å². The SMILES string of the molecule is CCc1nnc(Oc2cncc(Br)c2)c(C(N)=S)c1CC. The Morgan fingerprint density at radius 2 is 2.05 bits per heavy atom. The van der Waals surface area contributed by atoms with E-state index in [1.807, 2.05) is 13.8 Å². The van der Waals surface area contributed by atoms with Gasteiger partial charge in [0.25, 0.3) is 0 Å². The van der Waals surface area contributed by atoms with Gasteiger partial charge >= 0.3 is 0 Å². The molecule has 2 aromatic heterocycles. The zero-order chi connectivity index (χ0) is 15.4. The number of hydrogen-bond acceptors (Lipinski definition) is 5. The maximum Gasteiger partial charge on any atom is 0.249 e. The van der Waals surface area contributed by atoms with Crippen molar-refractivity contribution in [1.82, 2.24) is 15.2 Å². The van der Waals surface area contributed by atoms with Gasteiger partial charge in [-0.3, -0.25) is 4.98 Å². The van der Waals surface area contributed by atoms with Crippen molar-refractivity contribution >= 4 is 33.1 Å². The van der Waals surface area contributed by atoms with E-state index < -0.39 is 0 Å². The Morgan fingerprint density at radius 3 is 2.62 bits per heavy atom. The highest BCUT2D eigenvalue weighted by Gasteiger charge is 2.18. The lowest BCUT2D eigenvalue weighted by Crippen LogP contribution is -2.17. The van der Waals surface area contributed by atoms with Gasteiger partial charge < -0.3 is 10.5 Å². The summed E-state index contributed by atoms with van der Waals surface area (Å²) >= 11 is 8.50. The molecule has 0 bridgehead atoms. The van der Waals surface area contributed by atoms with Crippen molar-refractivity contribution in [2.45, 2.75) is 26.7 Å². The number of thiocarbonyl (C=S) groups is 1. The fraction of sp³-hybridized carbons (Fsp3) is 0.286. The molecule has 7 heteroatoms. The molecule has 0 aliphatic rings. The summed E-state index contributed by atoms with van der Waals surface area (Å²) in [7, 11) is 0.